The van der Waals surface area contributed by atoms with Crippen LogP contribution >= 0.6 is 12.4 Å². The fraction of sp³-hybridized carbons (Fsp3) is 0.435. The second kappa shape index (κ2) is 10.6. The van der Waals surface area contributed by atoms with Gasteiger partial charge in [0.05, 0.1) is 4.90 Å². The van der Waals surface area contributed by atoms with Crippen molar-refractivity contribution in [1.82, 2.24) is 9.62 Å². The van der Waals surface area contributed by atoms with Gasteiger partial charge in [0.1, 0.15) is 0 Å². The predicted molar refractivity (Wildman–Crippen MR) is 128 cm³/mol. The van der Waals surface area contributed by atoms with Crippen LogP contribution in [0.25, 0.3) is 0 Å². The van der Waals surface area contributed by atoms with Crippen molar-refractivity contribution in [3.05, 3.63) is 59.2 Å². The first-order valence-corrected chi connectivity index (χ1v) is 11.8. The Bertz CT molecular complexity index is 1020. The third-order valence-corrected chi connectivity index (χ3v) is 8.09. The summed E-state index contributed by atoms with van der Waals surface area (Å²) < 4.78 is 27.9. The summed E-state index contributed by atoms with van der Waals surface area (Å²) in [6.45, 7) is 7.53. The van der Waals surface area contributed by atoms with Gasteiger partial charge in [-0.1, -0.05) is 18.2 Å². The SMILES string of the molecule is Cc1cc(S(=O)(=O)N(C)C(C)C2CCNCC2)ccc1NC(=O)c1ccccc1C.Cl. The molecule has 0 aromatic heterocycles. The van der Waals surface area contributed by atoms with Gasteiger partial charge in [-0.05, 0) is 88.0 Å². The summed E-state index contributed by atoms with van der Waals surface area (Å²) in [6.07, 6.45) is 1.95. The van der Waals surface area contributed by atoms with Gasteiger partial charge in [-0.25, -0.2) is 8.42 Å². The van der Waals surface area contributed by atoms with Crippen molar-refractivity contribution < 1.29 is 13.2 Å². The summed E-state index contributed by atoms with van der Waals surface area (Å²) in [6, 6.07) is 12.2. The van der Waals surface area contributed by atoms with E-state index in [9.17, 15) is 13.2 Å². The number of benzene rings is 2. The Kier molecular flexibility index (Phi) is 8.65. The molecule has 1 saturated heterocycles. The van der Waals surface area contributed by atoms with E-state index >= 15 is 0 Å². The van der Waals surface area contributed by atoms with Gasteiger partial charge in [0.15, 0.2) is 0 Å². The molecule has 1 aliphatic rings. The highest BCUT2D eigenvalue weighted by atomic mass is 35.5. The molecule has 3 rings (SSSR count). The zero-order valence-electron chi connectivity index (χ0n) is 18.5. The largest absolute Gasteiger partial charge is 0.322 e. The highest BCUT2D eigenvalue weighted by Gasteiger charge is 2.31. The van der Waals surface area contributed by atoms with Crippen LogP contribution in [-0.2, 0) is 10.0 Å². The molecular weight excluding hydrogens is 434 g/mol. The maximum Gasteiger partial charge on any atom is 0.255 e. The topological polar surface area (TPSA) is 78.5 Å². The average Bonchev–Trinajstić information content (AvgIpc) is 2.74. The number of halogens is 1. The molecule has 0 aliphatic carbocycles. The molecule has 0 bridgehead atoms. The average molecular weight is 466 g/mol. The van der Waals surface area contributed by atoms with E-state index in [0.717, 1.165) is 31.5 Å². The van der Waals surface area contributed by atoms with Crippen molar-refractivity contribution in [3.63, 3.8) is 0 Å². The lowest BCUT2D eigenvalue weighted by Gasteiger charge is -2.34. The fourth-order valence-corrected chi connectivity index (χ4v) is 5.47. The minimum absolute atomic E-state index is 0. The van der Waals surface area contributed by atoms with E-state index < -0.39 is 10.0 Å². The number of piperidine rings is 1. The molecule has 1 heterocycles. The molecule has 2 N–H and O–H groups in total. The summed E-state index contributed by atoms with van der Waals surface area (Å²) in [5.41, 5.74) is 2.81. The van der Waals surface area contributed by atoms with E-state index in [-0.39, 0.29) is 29.3 Å². The quantitative estimate of drug-likeness (QED) is 0.676. The number of carbonyl (C=O) groups excluding carboxylic acids is 1. The van der Waals surface area contributed by atoms with E-state index in [0.29, 0.717) is 22.7 Å². The lowest BCUT2D eigenvalue weighted by molar-refractivity contribution is 0.102. The van der Waals surface area contributed by atoms with Crippen LogP contribution < -0.4 is 10.6 Å². The van der Waals surface area contributed by atoms with E-state index in [4.69, 9.17) is 0 Å². The molecule has 1 amide bonds. The van der Waals surface area contributed by atoms with Gasteiger partial charge in [-0.3, -0.25) is 4.79 Å². The molecule has 170 valence electrons. The second-order valence-corrected chi connectivity index (χ2v) is 10.1. The van der Waals surface area contributed by atoms with Gasteiger partial charge >= 0.3 is 0 Å². The van der Waals surface area contributed by atoms with Crippen molar-refractivity contribution in [2.24, 2.45) is 5.92 Å². The smallest absolute Gasteiger partial charge is 0.255 e. The number of anilines is 1. The lowest BCUT2D eigenvalue weighted by Crippen LogP contribution is -2.43. The minimum atomic E-state index is -3.61. The molecule has 0 saturated carbocycles. The first-order chi connectivity index (χ1) is 14.2. The Morgan fingerprint density at radius 2 is 1.74 bits per heavy atom. The standard InChI is InChI=1S/C23H31N3O3S.ClH/c1-16-7-5-6-8-21(16)23(27)25-22-10-9-20(15-17(22)2)30(28,29)26(4)18(3)19-11-13-24-14-12-19;/h5-10,15,18-19,24H,11-14H2,1-4H3,(H,25,27);1H. The minimum Gasteiger partial charge on any atom is -0.322 e. The third kappa shape index (κ3) is 5.66. The molecule has 1 atom stereocenters. The maximum atomic E-state index is 13.2. The maximum absolute atomic E-state index is 13.2. The molecule has 6 nitrogen and oxygen atoms in total. The summed E-state index contributed by atoms with van der Waals surface area (Å²) in [4.78, 5) is 12.8. The van der Waals surface area contributed by atoms with Crippen LogP contribution in [0.3, 0.4) is 0 Å². The van der Waals surface area contributed by atoms with E-state index in [1.807, 2.05) is 39.0 Å². The summed E-state index contributed by atoms with van der Waals surface area (Å²) in [5, 5.41) is 6.22. The van der Waals surface area contributed by atoms with Crippen molar-refractivity contribution in [1.29, 1.82) is 0 Å². The number of hydrogen-bond acceptors (Lipinski definition) is 4. The molecule has 1 fully saturated rings. The third-order valence-electron chi connectivity index (χ3n) is 6.15. The number of carbonyl (C=O) groups is 1. The number of rotatable bonds is 6. The number of aryl methyl sites for hydroxylation is 2. The van der Waals surface area contributed by atoms with Gasteiger partial charge < -0.3 is 10.6 Å². The van der Waals surface area contributed by atoms with Gasteiger partial charge in [-0.15, -0.1) is 12.4 Å². The van der Waals surface area contributed by atoms with Crippen LogP contribution in [0.5, 0.6) is 0 Å². The Balaban J connectivity index is 0.00000341. The Morgan fingerprint density at radius 3 is 2.35 bits per heavy atom. The first-order valence-electron chi connectivity index (χ1n) is 10.4. The van der Waals surface area contributed by atoms with Gasteiger partial charge in [0.25, 0.3) is 5.91 Å². The zero-order valence-corrected chi connectivity index (χ0v) is 20.1. The van der Waals surface area contributed by atoms with Crippen molar-refractivity contribution in [2.45, 2.75) is 44.6 Å². The molecule has 31 heavy (non-hydrogen) atoms. The highest BCUT2D eigenvalue weighted by Crippen LogP contribution is 2.27. The predicted octanol–water partition coefficient (Wildman–Crippen LogP) is 3.99. The highest BCUT2D eigenvalue weighted by molar-refractivity contribution is 7.89. The monoisotopic (exact) mass is 465 g/mol. The van der Waals surface area contributed by atoms with E-state index in [1.165, 1.54) is 4.31 Å². The van der Waals surface area contributed by atoms with Crippen molar-refractivity contribution in [3.8, 4) is 0 Å². The molecular formula is C23H32ClN3O3S. The van der Waals surface area contributed by atoms with E-state index in [2.05, 4.69) is 10.6 Å². The molecule has 1 unspecified atom stereocenters. The molecule has 0 spiro atoms. The molecule has 2 aromatic rings. The number of amides is 1. The van der Waals surface area contributed by atoms with Crippen LogP contribution in [0.1, 0.15) is 41.3 Å². The van der Waals surface area contributed by atoms with Crippen LogP contribution in [0.2, 0.25) is 0 Å². The zero-order chi connectivity index (χ0) is 21.9. The van der Waals surface area contributed by atoms with Crippen LogP contribution in [0, 0.1) is 19.8 Å². The van der Waals surface area contributed by atoms with Crippen molar-refractivity contribution >= 4 is 34.0 Å². The molecule has 0 radical (unpaired) electrons. The van der Waals surface area contributed by atoms with Crippen molar-refractivity contribution in [2.75, 3.05) is 25.5 Å². The summed E-state index contributed by atoms with van der Waals surface area (Å²) >= 11 is 0. The summed E-state index contributed by atoms with van der Waals surface area (Å²) in [7, 11) is -1.96. The second-order valence-electron chi connectivity index (χ2n) is 8.10. The number of nitrogens with one attached hydrogen (secondary N) is 2. The van der Waals surface area contributed by atoms with Gasteiger partial charge in [0, 0.05) is 24.3 Å². The Morgan fingerprint density at radius 1 is 1.10 bits per heavy atom. The number of nitrogens with zero attached hydrogens (tertiary/aromatic N) is 1. The molecule has 1 aliphatic heterocycles. The summed E-state index contributed by atoms with van der Waals surface area (Å²) in [5.74, 6) is 0.142. The first kappa shape index (κ1) is 25.3. The number of hydrogen-bond donors (Lipinski definition) is 2. The van der Waals surface area contributed by atoms with Gasteiger partial charge in [0.2, 0.25) is 10.0 Å². The Hall–Kier alpha value is -1.93. The van der Waals surface area contributed by atoms with E-state index in [1.54, 1.807) is 31.3 Å². The Labute approximate surface area is 191 Å². The van der Waals surface area contributed by atoms with Crippen LogP contribution in [0.15, 0.2) is 47.4 Å². The lowest BCUT2D eigenvalue weighted by atomic mass is 9.91. The van der Waals surface area contributed by atoms with Gasteiger partial charge in [-0.2, -0.15) is 4.31 Å². The number of sulfonamides is 1. The fourth-order valence-electron chi connectivity index (χ4n) is 3.96. The normalized spacial score (nSPS) is 15.9. The van der Waals surface area contributed by atoms with Crippen LogP contribution in [-0.4, -0.2) is 44.8 Å². The van der Waals surface area contributed by atoms with Crippen LogP contribution in [0.4, 0.5) is 5.69 Å². The molecule has 2 aromatic carbocycles. The molecule has 8 heteroatoms.